The van der Waals surface area contributed by atoms with Crippen molar-refractivity contribution in [2.45, 2.75) is 18.9 Å². The van der Waals surface area contributed by atoms with Gasteiger partial charge in [0.25, 0.3) is 5.91 Å². The van der Waals surface area contributed by atoms with E-state index in [0.29, 0.717) is 12.2 Å². The van der Waals surface area contributed by atoms with Crippen LogP contribution in [0.25, 0.3) is 10.9 Å². The lowest BCUT2D eigenvalue weighted by molar-refractivity contribution is 0.0854. The van der Waals surface area contributed by atoms with Crippen LogP contribution >= 0.6 is 15.9 Å². The Morgan fingerprint density at radius 3 is 3.16 bits per heavy atom. The number of hydrogen-bond donors (Lipinski definition) is 2. The third-order valence-electron chi connectivity index (χ3n) is 3.34. The van der Waals surface area contributed by atoms with Crippen LogP contribution in [0, 0.1) is 0 Å². The number of halogens is 1. The summed E-state index contributed by atoms with van der Waals surface area (Å²) in [6.07, 6.45) is 2.28. The van der Waals surface area contributed by atoms with Gasteiger partial charge in [-0.3, -0.25) is 4.79 Å². The zero-order valence-corrected chi connectivity index (χ0v) is 12.0. The molecule has 1 atom stereocenters. The highest BCUT2D eigenvalue weighted by Gasteiger charge is 2.17. The molecule has 1 aromatic carbocycles. The molecule has 0 unspecified atom stereocenters. The molecule has 19 heavy (non-hydrogen) atoms. The summed E-state index contributed by atoms with van der Waals surface area (Å²) in [6.45, 7) is 1.39. The molecule has 0 radical (unpaired) electrons. The van der Waals surface area contributed by atoms with Crippen LogP contribution in [0.4, 0.5) is 0 Å². The third kappa shape index (κ3) is 2.82. The molecule has 100 valence electrons. The maximum atomic E-state index is 12.0. The molecule has 2 heterocycles. The zero-order valence-electron chi connectivity index (χ0n) is 10.4. The molecule has 1 aliphatic heterocycles. The molecule has 3 rings (SSSR count). The maximum Gasteiger partial charge on any atom is 0.267 e. The summed E-state index contributed by atoms with van der Waals surface area (Å²) in [7, 11) is 0. The summed E-state index contributed by atoms with van der Waals surface area (Å²) in [5, 5.41) is 3.94. The van der Waals surface area contributed by atoms with Gasteiger partial charge in [-0.25, -0.2) is 0 Å². The lowest BCUT2D eigenvalue weighted by Crippen LogP contribution is -2.31. The normalized spacial score (nSPS) is 18.9. The lowest BCUT2D eigenvalue weighted by atomic mass is 10.2. The Hall–Kier alpha value is -1.33. The zero-order chi connectivity index (χ0) is 13.2. The fourth-order valence-corrected chi connectivity index (χ4v) is 2.69. The molecule has 2 N–H and O–H groups in total. The first-order valence-corrected chi connectivity index (χ1v) is 7.20. The van der Waals surface area contributed by atoms with Gasteiger partial charge in [-0.05, 0) is 31.0 Å². The Morgan fingerprint density at radius 2 is 2.37 bits per heavy atom. The molecule has 1 saturated heterocycles. The van der Waals surface area contributed by atoms with E-state index in [9.17, 15) is 4.79 Å². The van der Waals surface area contributed by atoms with Gasteiger partial charge in [0, 0.05) is 28.5 Å². The molecule has 0 aliphatic carbocycles. The number of aromatic nitrogens is 1. The molecular formula is C14H15BrN2O2. The minimum atomic E-state index is -0.0807. The molecule has 1 aliphatic rings. The molecule has 2 aromatic rings. The van der Waals surface area contributed by atoms with E-state index in [1.165, 1.54) is 0 Å². The molecule has 4 nitrogen and oxygen atoms in total. The van der Waals surface area contributed by atoms with Crippen LogP contribution in [-0.4, -0.2) is 30.1 Å². The number of carbonyl (C=O) groups is 1. The van der Waals surface area contributed by atoms with Crippen LogP contribution < -0.4 is 5.32 Å². The fourth-order valence-electron chi connectivity index (χ4n) is 2.33. The predicted octanol–water partition coefficient (Wildman–Crippen LogP) is 2.84. The number of benzene rings is 1. The number of aromatic amines is 1. The van der Waals surface area contributed by atoms with E-state index in [-0.39, 0.29) is 12.0 Å². The maximum absolute atomic E-state index is 12.0. The molecule has 0 bridgehead atoms. The van der Waals surface area contributed by atoms with E-state index in [0.717, 1.165) is 34.8 Å². The van der Waals surface area contributed by atoms with Gasteiger partial charge in [0.05, 0.1) is 6.10 Å². The third-order valence-corrected chi connectivity index (χ3v) is 3.84. The van der Waals surface area contributed by atoms with Crippen LogP contribution in [0.15, 0.2) is 28.7 Å². The monoisotopic (exact) mass is 322 g/mol. The van der Waals surface area contributed by atoms with Crippen molar-refractivity contribution >= 4 is 32.7 Å². The van der Waals surface area contributed by atoms with Crippen molar-refractivity contribution in [2.24, 2.45) is 0 Å². The summed E-state index contributed by atoms with van der Waals surface area (Å²) in [5.74, 6) is -0.0807. The lowest BCUT2D eigenvalue weighted by Gasteiger charge is -2.09. The summed E-state index contributed by atoms with van der Waals surface area (Å²) in [4.78, 5) is 15.2. The smallest absolute Gasteiger partial charge is 0.267 e. The van der Waals surface area contributed by atoms with Crippen LogP contribution in [0.5, 0.6) is 0 Å². The average molecular weight is 323 g/mol. The Bertz CT molecular complexity index is 603. The highest BCUT2D eigenvalue weighted by atomic mass is 79.9. The van der Waals surface area contributed by atoms with Crippen molar-refractivity contribution in [3.8, 4) is 0 Å². The van der Waals surface area contributed by atoms with E-state index in [1.807, 2.05) is 24.3 Å². The highest BCUT2D eigenvalue weighted by molar-refractivity contribution is 9.10. The molecule has 5 heteroatoms. The summed E-state index contributed by atoms with van der Waals surface area (Å²) < 4.78 is 6.48. The van der Waals surface area contributed by atoms with Gasteiger partial charge in [0.1, 0.15) is 5.69 Å². The minimum absolute atomic E-state index is 0.0807. The largest absolute Gasteiger partial charge is 0.376 e. The van der Waals surface area contributed by atoms with Crippen LogP contribution in [-0.2, 0) is 4.74 Å². The quantitative estimate of drug-likeness (QED) is 0.913. The standard InChI is InChI=1S/C14H15BrN2O2/c15-10-4-3-9-6-13(17-12(9)7-10)14(18)16-8-11-2-1-5-19-11/h3-4,6-7,11,17H,1-2,5,8H2,(H,16,18)/t11-/m0/s1. The van der Waals surface area contributed by atoms with Crippen molar-refractivity contribution in [1.82, 2.24) is 10.3 Å². The van der Waals surface area contributed by atoms with Gasteiger partial charge in [0.2, 0.25) is 0 Å². The van der Waals surface area contributed by atoms with Gasteiger partial charge in [0.15, 0.2) is 0 Å². The topological polar surface area (TPSA) is 54.1 Å². The van der Waals surface area contributed by atoms with Crippen molar-refractivity contribution in [3.63, 3.8) is 0 Å². The number of fused-ring (bicyclic) bond motifs is 1. The van der Waals surface area contributed by atoms with E-state index in [1.54, 1.807) is 0 Å². The Balaban J connectivity index is 1.70. The Kier molecular flexibility index (Phi) is 3.57. The summed E-state index contributed by atoms with van der Waals surface area (Å²) in [5.41, 5.74) is 1.54. The van der Waals surface area contributed by atoms with Crippen molar-refractivity contribution < 1.29 is 9.53 Å². The minimum Gasteiger partial charge on any atom is -0.376 e. The second-order valence-corrected chi connectivity index (χ2v) is 5.68. The van der Waals surface area contributed by atoms with Crippen molar-refractivity contribution in [2.75, 3.05) is 13.2 Å². The number of hydrogen-bond acceptors (Lipinski definition) is 2. The van der Waals surface area contributed by atoms with Gasteiger partial charge < -0.3 is 15.0 Å². The number of rotatable bonds is 3. The van der Waals surface area contributed by atoms with Gasteiger partial charge >= 0.3 is 0 Å². The van der Waals surface area contributed by atoms with Gasteiger partial charge in [-0.15, -0.1) is 0 Å². The number of amides is 1. The Morgan fingerprint density at radius 1 is 1.47 bits per heavy atom. The van der Waals surface area contributed by atoms with Crippen molar-refractivity contribution in [1.29, 1.82) is 0 Å². The molecule has 0 saturated carbocycles. The Labute approximate surface area is 119 Å². The molecule has 0 spiro atoms. The molecule has 1 fully saturated rings. The van der Waals surface area contributed by atoms with E-state index in [2.05, 4.69) is 26.2 Å². The van der Waals surface area contributed by atoms with Crippen LogP contribution in [0.1, 0.15) is 23.3 Å². The van der Waals surface area contributed by atoms with Crippen LogP contribution in [0.2, 0.25) is 0 Å². The number of carbonyl (C=O) groups excluding carboxylic acids is 1. The van der Waals surface area contributed by atoms with Crippen LogP contribution in [0.3, 0.4) is 0 Å². The van der Waals surface area contributed by atoms with Gasteiger partial charge in [-0.1, -0.05) is 22.0 Å². The molecular weight excluding hydrogens is 308 g/mol. The number of nitrogens with one attached hydrogen (secondary N) is 2. The second-order valence-electron chi connectivity index (χ2n) is 4.76. The first kappa shape index (κ1) is 12.7. The number of H-pyrrole nitrogens is 1. The second kappa shape index (κ2) is 5.35. The highest BCUT2D eigenvalue weighted by Crippen LogP contribution is 2.20. The van der Waals surface area contributed by atoms with E-state index >= 15 is 0 Å². The summed E-state index contributed by atoms with van der Waals surface area (Å²) >= 11 is 3.42. The van der Waals surface area contributed by atoms with Crippen molar-refractivity contribution in [3.05, 3.63) is 34.4 Å². The predicted molar refractivity (Wildman–Crippen MR) is 77.3 cm³/mol. The average Bonchev–Trinajstić information content (AvgIpc) is 3.04. The first-order chi connectivity index (χ1) is 9.22. The number of ether oxygens (including phenoxy) is 1. The molecule has 1 amide bonds. The van der Waals surface area contributed by atoms with E-state index < -0.39 is 0 Å². The molecule has 1 aromatic heterocycles. The summed E-state index contributed by atoms with van der Waals surface area (Å²) in [6, 6.07) is 7.77. The first-order valence-electron chi connectivity index (χ1n) is 6.40. The van der Waals surface area contributed by atoms with E-state index in [4.69, 9.17) is 4.74 Å². The fraction of sp³-hybridized carbons (Fsp3) is 0.357. The SMILES string of the molecule is O=C(NC[C@@H]1CCCO1)c1cc2ccc(Br)cc2[nH]1. The van der Waals surface area contributed by atoms with Gasteiger partial charge in [-0.2, -0.15) is 0 Å².